The van der Waals surface area contributed by atoms with Crippen LogP contribution in [0, 0.1) is 20.8 Å². The summed E-state index contributed by atoms with van der Waals surface area (Å²) in [4.78, 5) is 0. The van der Waals surface area contributed by atoms with Crippen molar-refractivity contribution in [3.8, 4) is 11.5 Å². The van der Waals surface area contributed by atoms with Crippen LogP contribution >= 0.6 is 0 Å². The number of phenolic OH excluding ortho intramolecular Hbond substituents is 1. The van der Waals surface area contributed by atoms with E-state index >= 15 is 0 Å². The summed E-state index contributed by atoms with van der Waals surface area (Å²) in [5.74, 6) is 1.45. The normalized spacial score (nSPS) is 21.9. The summed E-state index contributed by atoms with van der Waals surface area (Å²) < 4.78 is 7.40. The Balaban J connectivity index is 2.32. The molecule has 1 aliphatic heterocycles. The first-order valence-corrected chi connectivity index (χ1v) is 7.85. The molecule has 21 heavy (non-hydrogen) atoms. The highest BCUT2D eigenvalue weighted by atomic mass is 16.5. The van der Waals surface area contributed by atoms with Gasteiger partial charge in [0, 0.05) is 12.0 Å². The van der Waals surface area contributed by atoms with Crippen LogP contribution in [0.4, 0.5) is 0 Å². The van der Waals surface area contributed by atoms with Gasteiger partial charge in [-0.05, 0) is 57.2 Å². The molecule has 0 saturated carbocycles. The van der Waals surface area contributed by atoms with Crippen LogP contribution in [0.15, 0.2) is 0 Å². The number of ether oxygens (including phenoxy) is 1. The highest BCUT2D eigenvalue weighted by molar-refractivity contribution is 5.58. The molecule has 2 rings (SSSR count). The van der Waals surface area contributed by atoms with Gasteiger partial charge in [0.05, 0.1) is 27.7 Å². The molecule has 0 fully saturated rings. The lowest BCUT2D eigenvalue weighted by atomic mass is 9.85. The topological polar surface area (TPSA) is 29.5 Å². The van der Waals surface area contributed by atoms with Crippen LogP contribution in [-0.2, 0) is 6.42 Å². The molecule has 1 N–H and O–H groups in total. The molecule has 3 heteroatoms. The number of phenols is 1. The zero-order valence-corrected chi connectivity index (χ0v) is 14.6. The summed E-state index contributed by atoms with van der Waals surface area (Å²) in [6, 6.07) is 0. The second-order valence-corrected chi connectivity index (χ2v) is 7.85. The van der Waals surface area contributed by atoms with Gasteiger partial charge in [-0.1, -0.05) is 0 Å². The van der Waals surface area contributed by atoms with Gasteiger partial charge in [-0.15, -0.1) is 0 Å². The second kappa shape index (κ2) is 5.20. The van der Waals surface area contributed by atoms with Gasteiger partial charge in [-0.2, -0.15) is 0 Å². The third-order valence-electron chi connectivity index (χ3n) is 4.90. The van der Waals surface area contributed by atoms with E-state index in [9.17, 15) is 5.11 Å². The van der Waals surface area contributed by atoms with E-state index in [1.165, 1.54) is 5.56 Å². The predicted octanol–water partition coefficient (Wildman–Crippen LogP) is 3.50. The maximum absolute atomic E-state index is 10.2. The fourth-order valence-corrected chi connectivity index (χ4v) is 3.04. The molecule has 3 nitrogen and oxygen atoms in total. The Morgan fingerprint density at radius 3 is 2.29 bits per heavy atom. The maximum Gasteiger partial charge on any atom is 0.127 e. The first-order chi connectivity index (χ1) is 9.54. The van der Waals surface area contributed by atoms with Crippen molar-refractivity contribution in [2.45, 2.75) is 52.6 Å². The molecule has 1 heterocycles. The van der Waals surface area contributed by atoms with Gasteiger partial charge in [0.25, 0.3) is 0 Å². The van der Waals surface area contributed by atoms with Crippen molar-refractivity contribution in [3.05, 3.63) is 22.3 Å². The van der Waals surface area contributed by atoms with Gasteiger partial charge in [-0.3, -0.25) is 0 Å². The molecule has 0 amide bonds. The van der Waals surface area contributed by atoms with Crippen molar-refractivity contribution in [1.29, 1.82) is 0 Å². The summed E-state index contributed by atoms with van der Waals surface area (Å²) in [6.45, 7) is 9.35. The van der Waals surface area contributed by atoms with Crippen molar-refractivity contribution in [1.82, 2.24) is 0 Å². The Morgan fingerprint density at radius 1 is 1.10 bits per heavy atom. The molecule has 0 spiro atoms. The molecule has 118 valence electrons. The molecular weight excluding hydrogens is 262 g/mol. The SMILES string of the molecule is Cc1c(C)c2c(c(C)c1O)CC[C@](C)(CC[N+](C)(C)C)O2. The van der Waals surface area contributed by atoms with Crippen LogP contribution in [0.5, 0.6) is 11.5 Å². The highest BCUT2D eigenvalue weighted by Gasteiger charge is 2.35. The molecular formula is C18H30NO2+. The molecule has 0 bridgehead atoms. The molecule has 0 unspecified atom stereocenters. The van der Waals surface area contributed by atoms with E-state index in [4.69, 9.17) is 4.74 Å². The fraction of sp³-hybridized carbons (Fsp3) is 0.667. The van der Waals surface area contributed by atoms with E-state index in [2.05, 4.69) is 35.0 Å². The van der Waals surface area contributed by atoms with Crippen LogP contribution in [0.25, 0.3) is 0 Å². The van der Waals surface area contributed by atoms with Gasteiger partial charge in [0.2, 0.25) is 0 Å². The van der Waals surface area contributed by atoms with Gasteiger partial charge in [-0.25, -0.2) is 0 Å². The lowest BCUT2D eigenvalue weighted by molar-refractivity contribution is -0.871. The molecule has 0 aliphatic carbocycles. The van der Waals surface area contributed by atoms with Crippen LogP contribution < -0.4 is 4.74 Å². The third-order valence-corrected chi connectivity index (χ3v) is 4.90. The Kier molecular flexibility index (Phi) is 4.00. The smallest absolute Gasteiger partial charge is 0.127 e. The molecule has 1 aliphatic rings. The standard InChI is InChI=1S/C18H29NO2/c1-12-13(2)17-15(14(3)16(12)20)8-9-18(4,21-17)10-11-19(5,6)7/h8-11H2,1-7H3/p+1/t18-/m1/s1. The number of rotatable bonds is 3. The first-order valence-electron chi connectivity index (χ1n) is 7.85. The van der Waals surface area contributed by atoms with Crippen molar-refractivity contribution in [2.24, 2.45) is 0 Å². The fourth-order valence-electron chi connectivity index (χ4n) is 3.04. The highest BCUT2D eigenvalue weighted by Crippen LogP contribution is 2.44. The Hall–Kier alpha value is -1.22. The zero-order valence-electron chi connectivity index (χ0n) is 14.6. The lowest BCUT2D eigenvalue weighted by Crippen LogP contribution is -2.44. The number of hydrogen-bond acceptors (Lipinski definition) is 2. The van der Waals surface area contributed by atoms with Crippen LogP contribution in [0.3, 0.4) is 0 Å². The van der Waals surface area contributed by atoms with Crippen LogP contribution in [-0.4, -0.2) is 42.9 Å². The number of quaternary nitrogens is 1. The van der Waals surface area contributed by atoms with E-state index < -0.39 is 0 Å². The maximum atomic E-state index is 10.2. The third kappa shape index (κ3) is 3.18. The monoisotopic (exact) mass is 292 g/mol. The molecule has 1 atom stereocenters. The first kappa shape index (κ1) is 16.2. The van der Waals surface area contributed by atoms with Gasteiger partial charge >= 0.3 is 0 Å². The molecule has 0 saturated heterocycles. The Bertz CT molecular complexity index is 558. The number of aromatic hydroxyl groups is 1. The Labute approximate surface area is 129 Å². The average Bonchev–Trinajstić information content (AvgIpc) is 2.40. The summed E-state index contributed by atoms with van der Waals surface area (Å²) in [6.07, 6.45) is 3.06. The van der Waals surface area contributed by atoms with E-state index in [-0.39, 0.29) is 5.60 Å². The van der Waals surface area contributed by atoms with E-state index in [0.717, 1.165) is 52.7 Å². The van der Waals surface area contributed by atoms with Gasteiger partial charge in [0.1, 0.15) is 17.1 Å². The van der Waals surface area contributed by atoms with Crippen molar-refractivity contribution in [2.75, 3.05) is 27.7 Å². The lowest BCUT2D eigenvalue weighted by Gasteiger charge is -2.39. The van der Waals surface area contributed by atoms with Crippen molar-refractivity contribution < 1.29 is 14.3 Å². The summed E-state index contributed by atoms with van der Waals surface area (Å²) in [7, 11) is 6.66. The van der Waals surface area contributed by atoms with Crippen LogP contribution in [0.2, 0.25) is 0 Å². The largest absolute Gasteiger partial charge is 0.507 e. The average molecular weight is 292 g/mol. The van der Waals surface area contributed by atoms with E-state index in [1.54, 1.807) is 0 Å². The van der Waals surface area contributed by atoms with Gasteiger partial charge < -0.3 is 14.3 Å². The minimum atomic E-state index is -0.0981. The van der Waals surface area contributed by atoms with E-state index in [1.807, 2.05) is 13.8 Å². The molecule has 1 aromatic carbocycles. The number of benzene rings is 1. The number of hydrogen-bond donors (Lipinski definition) is 1. The van der Waals surface area contributed by atoms with Crippen LogP contribution in [0.1, 0.15) is 42.0 Å². The van der Waals surface area contributed by atoms with Crippen molar-refractivity contribution in [3.63, 3.8) is 0 Å². The van der Waals surface area contributed by atoms with Crippen molar-refractivity contribution >= 4 is 0 Å². The molecule has 1 aromatic rings. The second-order valence-electron chi connectivity index (χ2n) is 7.85. The van der Waals surface area contributed by atoms with Gasteiger partial charge in [0.15, 0.2) is 0 Å². The summed E-state index contributed by atoms with van der Waals surface area (Å²) >= 11 is 0. The molecule has 0 aromatic heterocycles. The zero-order chi connectivity index (χ0) is 16.0. The number of fused-ring (bicyclic) bond motifs is 1. The quantitative estimate of drug-likeness (QED) is 0.864. The minimum Gasteiger partial charge on any atom is -0.507 e. The Morgan fingerprint density at radius 2 is 1.71 bits per heavy atom. The predicted molar refractivity (Wildman–Crippen MR) is 87.2 cm³/mol. The summed E-state index contributed by atoms with van der Waals surface area (Å²) in [5, 5.41) is 10.2. The molecule has 0 radical (unpaired) electrons. The minimum absolute atomic E-state index is 0.0981. The van der Waals surface area contributed by atoms with E-state index in [0.29, 0.717) is 5.75 Å². The summed E-state index contributed by atoms with van der Waals surface area (Å²) in [5.41, 5.74) is 4.12. The number of nitrogens with zero attached hydrogens (tertiary/aromatic N) is 1.